The molecule has 1 fully saturated rings. The van der Waals surface area contributed by atoms with Crippen molar-refractivity contribution in [3.63, 3.8) is 0 Å². The number of carbonyl (C=O) groups excluding carboxylic acids is 4. The molecule has 9 heteroatoms. The highest BCUT2D eigenvalue weighted by Crippen LogP contribution is 2.23. The van der Waals surface area contributed by atoms with Crippen LogP contribution in [0, 0.1) is 5.92 Å². The van der Waals surface area contributed by atoms with Crippen molar-refractivity contribution in [3.8, 4) is 5.75 Å². The predicted molar refractivity (Wildman–Crippen MR) is 125 cm³/mol. The van der Waals surface area contributed by atoms with Gasteiger partial charge in [0, 0.05) is 17.7 Å². The van der Waals surface area contributed by atoms with Crippen molar-refractivity contribution in [3.05, 3.63) is 59.7 Å². The maximum atomic E-state index is 12.5. The van der Waals surface area contributed by atoms with Crippen LogP contribution in [-0.4, -0.2) is 49.0 Å². The molecule has 0 aliphatic carbocycles. The number of nitrogens with zero attached hydrogens (tertiary/aromatic N) is 1. The number of hydrogen-bond donors (Lipinski definition) is 2. The van der Waals surface area contributed by atoms with Gasteiger partial charge in [0.2, 0.25) is 5.91 Å². The standard InChI is InChI=1S/C25H29N3O6/c1-25(2,3)18-7-5-16(6-8-18)23(31)27-28-14-17(13-22(28)30)24(32)34-15-21(29)26-19-9-11-20(33-4)12-10-19/h5-12,17H,13-15H2,1-4H3,(H,26,29)(H,27,31)/t17-/m1/s1. The summed E-state index contributed by atoms with van der Waals surface area (Å²) in [5, 5.41) is 3.72. The van der Waals surface area contributed by atoms with E-state index in [9.17, 15) is 19.2 Å². The van der Waals surface area contributed by atoms with Crippen LogP contribution in [0.25, 0.3) is 0 Å². The van der Waals surface area contributed by atoms with Gasteiger partial charge in [-0.05, 0) is 47.4 Å². The summed E-state index contributed by atoms with van der Waals surface area (Å²) in [4.78, 5) is 49.2. The lowest BCUT2D eigenvalue weighted by atomic mass is 9.87. The second-order valence-electron chi connectivity index (χ2n) is 9.06. The zero-order valence-corrected chi connectivity index (χ0v) is 19.7. The maximum absolute atomic E-state index is 12.5. The molecule has 0 bridgehead atoms. The Labute approximate surface area is 198 Å². The van der Waals surface area contributed by atoms with Crippen LogP contribution in [0.4, 0.5) is 5.69 Å². The highest BCUT2D eigenvalue weighted by Gasteiger charge is 2.36. The molecule has 3 rings (SSSR count). The lowest BCUT2D eigenvalue weighted by molar-refractivity contribution is -0.151. The maximum Gasteiger partial charge on any atom is 0.311 e. The zero-order valence-electron chi connectivity index (χ0n) is 19.7. The van der Waals surface area contributed by atoms with Gasteiger partial charge in [0.05, 0.1) is 19.6 Å². The predicted octanol–water partition coefficient (Wildman–Crippen LogP) is 2.67. The van der Waals surface area contributed by atoms with E-state index in [1.165, 1.54) is 7.11 Å². The van der Waals surface area contributed by atoms with Gasteiger partial charge in [-0.15, -0.1) is 0 Å². The van der Waals surface area contributed by atoms with Gasteiger partial charge in [0.1, 0.15) is 5.75 Å². The molecule has 0 aromatic heterocycles. The van der Waals surface area contributed by atoms with E-state index < -0.39 is 36.2 Å². The van der Waals surface area contributed by atoms with E-state index >= 15 is 0 Å². The molecular formula is C25H29N3O6. The van der Waals surface area contributed by atoms with Crippen molar-refractivity contribution in [1.82, 2.24) is 10.4 Å². The lowest BCUT2D eigenvalue weighted by Gasteiger charge is -2.20. The molecule has 2 N–H and O–H groups in total. The third-order valence-corrected chi connectivity index (χ3v) is 5.43. The number of carbonyl (C=O) groups is 4. The second-order valence-corrected chi connectivity index (χ2v) is 9.06. The van der Waals surface area contributed by atoms with Gasteiger partial charge in [-0.1, -0.05) is 32.9 Å². The second kappa shape index (κ2) is 10.4. The van der Waals surface area contributed by atoms with E-state index in [1.807, 2.05) is 12.1 Å². The number of hydrazine groups is 1. The van der Waals surface area contributed by atoms with Crippen LogP contribution in [0.3, 0.4) is 0 Å². The summed E-state index contributed by atoms with van der Waals surface area (Å²) in [5.74, 6) is -2.15. The van der Waals surface area contributed by atoms with Gasteiger partial charge >= 0.3 is 5.97 Å². The molecule has 0 radical (unpaired) electrons. The van der Waals surface area contributed by atoms with Gasteiger partial charge in [-0.2, -0.15) is 0 Å². The van der Waals surface area contributed by atoms with Crippen molar-refractivity contribution in [2.24, 2.45) is 5.92 Å². The van der Waals surface area contributed by atoms with E-state index in [1.54, 1.807) is 36.4 Å². The van der Waals surface area contributed by atoms with Gasteiger partial charge in [0.25, 0.3) is 11.8 Å². The summed E-state index contributed by atoms with van der Waals surface area (Å²) in [6.45, 7) is 5.72. The van der Waals surface area contributed by atoms with Crippen molar-refractivity contribution in [1.29, 1.82) is 0 Å². The quantitative estimate of drug-likeness (QED) is 0.605. The van der Waals surface area contributed by atoms with Crippen molar-refractivity contribution < 1.29 is 28.7 Å². The third kappa shape index (κ3) is 6.34. The summed E-state index contributed by atoms with van der Waals surface area (Å²) in [6.07, 6.45) is -0.109. The normalized spacial score (nSPS) is 15.6. The molecule has 1 aliphatic rings. The van der Waals surface area contributed by atoms with Crippen LogP contribution < -0.4 is 15.5 Å². The van der Waals surface area contributed by atoms with Crippen LogP contribution in [0.15, 0.2) is 48.5 Å². The number of ether oxygens (including phenoxy) is 2. The fourth-order valence-electron chi connectivity index (χ4n) is 3.41. The molecule has 0 unspecified atom stereocenters. The first-order valence-electron chi connectivity index (χ1n) is 10.9. The minimum absolute atomic E-state index is 0.0242. The fraction of sp³-hybridized carbons (Fsp3) is 0.360. The van der Waals surface area contributed by atoms with Crippen molar-refractivity contribution >= 4 is 29.4 Å². The van der Waals surface area contributed by atoms with Gasteiger partial charge in [-0.3, -0.25) is 29.6 Å². The first kappa shape index (κ1) is 24.8. The smallest absolute Gasteiger partial charge is 0.311 e. The average Bonchev–Trinajstić information content (AvgIpc) is 3.17. The van der Waals surface area contributed by atoms with Gasteiger partial charge in [0.15, 0.2) is 6.61 Å². The monoisotopic (exact) mass is 467 g/mol. The van der Waals surface area contributed by atoms with E-state index in [0.717, 1.165) is 10.6 Å². The molecule has 9 nitrogen and oxygen atoms in total. The van der Waals surface area contributed by atoms with E-state index in [-0.39, 0.29) is 18.4 Å². The van der Waals surface area contributed by atoms with Crippen LogP contribution in [-0.2, 0) is 24.5 Å². The first-order valence-corrected chi connectivity index (χ1v) is 10.9. The van der Waals surface area contributed by atoms with Crippen LogP contribution >= 0.6 is 0 Å². The molecule has 1 heterocycles. The molecule has 2 aromatic carbocycles. The Hall–Kier alpha value is -3.88. The van der Waals surface area contributed by atoms with E-state index in [4.69, 9.17) is 9.47 Å². The topological polar surface area (TPSA) is 114 Å². The van der Waals surface area contributed by atoms with E-state index in [2.05, 4.69) is 31.5 Å². The number of hydrogen-bond acceptors (Lipinski definition) is 6. The summed E-state index contributed by atoms with van der Waals surface area (Å²) in [5.41, 5.74) is 4.52. The fourth-order valence-corrected chi connectivity index (χ4v) is 3.41. The third-order valence-electron chi connectivity index (χ3n) is 5.43. The number of rotatable bonds is 7. The molecule has 1 saturated heterocycles. The lowest BCUT2D eigenvalue weighted by Crippen LogP contribution is -2.43. The Morgan fingerprint density at radius 1 is 1.03 bits per heavy atom. The van der Waals surface area contributed by atoms with Crippen LogP contribution in [0.2, 0.25) is 0 Å². The van der Waals surface area contributed by atoms with Crippen LogP contribution in [0.1, 0.15) is 43.1 Å². The number of amides is 3. The zero-order chi connectivity index (χ0) is 24.9. The van der Waals surface area contributed by atoms with Gasteiger partial charge in [-0.25, -0.2) is 0 Å². The Kier molecular flexibility index (Phi) is 7.55. The largest absolute Gasteiger partial charge is 0.497 e. The summed E-state index contributed by atoms with van der Waals surface area (Å²) < 4.78 is 10.1. The summed E-state index contributed by atoms with van der Waals surface area (Å²) in [6, 6.07) is 13.8. The average molecular weight is 468 g/mol. The van der Waals surface area contributed by atoms with Crippen molar-refractivity contribution in [2.75, 3.05) is 25.6 Å². The summed E-state index contributed by atoms with van der Waals surface area (Å²) in [7, 11) is 1.54. The molecule has 1 atom stereocenters. The number of anilines is 1. The molecule has 2 aromatic rings. The number of esters is 1. The highest BCUT2D eigenvalue weighted by molar-refractivity contribution is 5.97. The number of methoxy groups -OCH3 is 1. The Bertz CT molecular complexity index is 1060. The molecule has 1 aliphatic heterocycles. The molecule has 0 saturated carbocycles. The Morgan fingerprint density at radius 2 is 1.68 bits per heavy atom. The molecule has 180 valence electrons. The molecular weight excluding hydrogens is 438 g/mol. The first-order chi connectivity index (χ1) is 16.1. The van der Waals surface area contributed by atoms with Gasteiger partial charge < -0.3 is 14.8 Å². The van der Waals surface area contributed by atoms with Crippen LogP contribution in [0.5, 0.6) is 5.75 Å². The Morgan fingerprint density at radius 3 is 2.26 bits per heavy atom. The molecule has 3 amide bonds. The number of benzene rings is 2. The Balaban J connectivity index is 1.47. The van der Waals surface area contributed by atoms with Crippen molar-refractivity contribution in [2.45, 2.75) is 32.6 Å². The molecule has 34 heavy (non-hydrogen) atoms. The SMILES string of the molecule is COc1ccc(NC(=O)COC(=O)[C@@H]2CC(=O)N(NC(=O)c3ccc(C(C)(C)C)cc3)C2)cc1. The molecule has 0 spiro atoms. The minimum atomic E-state index is -0.773. The highest BCUT2D eigenvalue weighted by atomic mass is 16.5. The van der Waals surface area contributed by atoms with E-state index in [0.29, 0.717) is 17.0 Å². The number of nitrogens with one attached hydrogen (secondary N) is 2. The minimum Gasteiger partial charge on any atom is -0.497 e. The summed E-state index contributed by atoms with van der Waals surface area (Å²) >= 11 is 0.